The van der Waals surface area contributed by atoms with Gasteiger partial charge in [0.1, 0.15) is 0 Å². The Kier molecular flexibility index (Phi) is 4.64. The summed E-state index contributed by atoms with van der Waals surface area (Å²) >= 11 is 12.2. The van der Waals surface area contributed by atoms with Gasteiger partial charge >= 0.3 is 0 Å². The summed E-state index contributed by atoms with van der Waals surface area (Å²) in [4.78, 5) is 7.62. The van der Waals surface area contributed by atoms with Gasteiger partial charge in [0.15, 0.2) is 0 Å². The highest BCUT2D eigenvalue weighted by molar-refractivity contribution is 6.42. The molecule has 0 aliphatic rings. The molecule has 0 spiro atoms. The Labute approximate surface area is 166 Å². The van der Waals surface area contributed by atoms with E-state index < -0.39 is 0 Å². The Morgan fingerprint density at radius 3 is 2.67 bits per heavy atom. The van der Waals surface area contributed by atoms with Gasteiger partial charge in [-0.25, -0.2) is 10.4 Å². The summed E-state index contributed by atoms with van der Waals surface area (Å²) in [7, 11) is 0. The van der Waals surface area contributed by atoms with E-state index in [0.29, 0.717) is 16.0 Å². The molecule has 0 bridgehead atoms. The summed E-state index contributed by atoms with van der Waals surface area (Å²) < 4.78 is 2.12. The Bertz CT molecular complexity index is 1120. The number of aromatic nitrogens is 3. The fraction of sp³-hybridized carbons (Fsp3) is 0.100. The molecule has 4 rings (SSSR count). The van der Waals surface area contributed by atoms with Gasteiger partial charge in [-0.1, -0.05) is 35.3 Å². The molecule has 27 heavy (non-hydrogen) atoms. The number of imidazole rings is 1. The molecule has 2 aromatic carbocycles. The molecular weight excluding hydrogens is 381 g/mol. The van der Waals surface area contributed by atoms with Crippen molar-refractivity contribution in [2.75, 3.05) is 5.43 Å². The van der Waals surface area contributed by atoms with Crippen LogP contribution in [0.5, 0.6) is 0 Å². The van der Waals surface area contributed by atoms with Crippen LogP contribution in [0.2, 0.25) is 10.0 Å². The van der Waals surface area contributed by atoms with Crippen LogP contribution in [0, 0.1) is 13.8 Å². The standard InChI is InChI=1S/C20H17Cl2N5/c1-12-9-14(13(2)27(12)15-7-8-16(21)17(22)10-15)11-23-26-20-24-18-5-3-4-6-19(18)25-20/h3-11H,1-2H3,(H2,24,25,26)/b23-11-. The number of hydrazone groups is 1. The van der Waals surface area contributed by atoms with Crippen molar-refractivity contribution >= 4 is 46.4 Å². The summed E-state index contributed by atoms with van der Waals surface area (Å²) in [6.45, 7) is 4.08. The minimum Gasteiger partial charge on any atom is -0.323 e. The quantitative estimate of drug-likeness (QED) is 0.341. The molecule has 0 saturated carbocycles. The fourth-order valence-corrected chi connectivity index (χ4v) is 3.40. The highest BCUT2D eigenvalue weighted by Gasteiger charge is 2.11. The van der Waals surface area contributed by atoms with Crippen LogP contribution in [0.3, 0.4) is 0 Å². The molecule has 0 amide bonds. The van der Waals surface area contributed by atoms with Crippen LogP contribution in [0.4, 0.5) is 5.95 Å². The van der Waals surface area contributed by atoms with Crippen molar-refractivity contribution in [2.45, 2.75) is 13.8 Å². The molecular formula is C20H17Cl2N5. The van der Waals surface area contributed by atoms with Gasteiger partial charge in [0.25, 0.3) is 0 Å². The van der Waals surface area contributed by atoms with Gasteiger partial charge in [0, 0.05) is 22.6 Å². The topological polar surface area (TPSA) is 58.0 Å². The second-order valence-corrected chi connectivity index (χ2v) is 7.05. The second-order valence-electron chi connectivity index (χ2n) is 6.23. The summed E-state index contributed by atoms with van der Waals surface area (Å²) in [5, 5.41) is 5.39. The first-order chi connectivity index (χ1) is 13.0. The molecule has 136 valence electrons. The highest BCUT2D eigenvalue weighted by Crippen LogP contribution is 2.27. The molecule has 2 N–H and O–H groups in total. The molecule has 2 heterocycles. The number of nitrogens with one attached hydrogen (secondary N) is 2. The zero-order valence-corrected chi connectivity index (χ0v) is 16.3. The van der Waals surface area contributed by atoms with Crippen LogP contribution in [0.1, 0.15) is 17.0 Å². The van der Waals surface area contributed by atoms with Crippen molar-refractivity contribution < 1.29 is 0 Å². The monoisotopic (exact) mass is 397 g/mol. The predicted molar refractivity (Wildman–Crippen MR) is 113 cm³/mol. The molecule has 0 aliphatic carbocycles. The van der Waals surface area contributed by atoms with E-state index in [1.165, 1.54) is 0 Å². The van der Waals surface area contributed by atoms with Gasteiger partial charge in [-0.2, -0.15) is 5.10 Å². The van der Waals surface area contributed by atoms with Crippen LogP contribution in [-0.4, -0.2) is 20.7 Å². The summed E-state index contributed by atoms with van der Waals surface area (Å²) in [5.41, 5.74) is 8.91. The Hall–Kier alpha value is -2.76. The van der Waals surface area contributed by atoms with E-state index in [1.807, 2.05) is 50.2 Å². The maximum Gasteiger partial charge on any atom is 0.222 e. The first kappa shape index (κ1) is 17.6. The molecule has 2 aromatic heterocycles. The molecule has 7 heteroatoms. The van der Waals surface area contributed by atoms with Crippen LogP contribution in [-0.2, 0) is 0 Å². The number of nitrogens with zero attached hydrogens (tertiary/aromatic N) is 3. The van der Waals surface area contributed by atoms with Crippen LogP contribution < -0.4 is 5.43 Å². The van der Waals surface area contributed by atoms with Crippen LogP contribution in [0.15, 0.2) is 53.6 Å². The van der Waals surface area contributed by atoms with E-state index in [9.17, 15) is 0 Å². The number of H-pyrrole nitrogens is 1. The van der Waals surface area contributed by atoms with E-state index in [1.54, 1.807) is 12.3 Å². The van der Waals surface area contributed by atoms with Crippen LogP contribution in [0.25, 0.3) is 16.7 Å². The number of hydrogen-bond acceptors (Lipinski definition) is 3. The van der Waals surface area contributed by atoms with E-state index in [2.05, 4.69) is 31.1 Å². The number of para-hydroxylation sites is 2. The number of halogens is 2. The number of anilines is 1. The molecule has 0 unspecified atom stereocenters. The normalized spacial score (nSPS) is 11.6. The minimum absolute atomic E-state index is 0.531. The summed E-state index contributed by atoms with van der Waals surface area (Å²) in [6.07, 6.45) is 1.78. The highest BCUT2D eigenvalue weighted by atomic mass is 35.5. The third-order valence-corrected chi connectivity index (χ3v) is 5.13. The smallest absolute Gasteiger partial charge is 0.222 e. The second kappa shape index (κ2) is 7.10. The zero-order chi connectivity index (χ0) is 19.0. The number of rotatable bonds is 4. The molecule has 4 aromatic rings. The molecule has 0 aliphatic heterocycles. The molecule has 0 atom stereocenters. The number of fused-ring (bicyclic) bond motifs is 1. The first-order valence-corrected chi connectivity index (χ1v) is 9.17. The lowest BCUT2D eigenvalue weighted by atomic mass is 10.2. The molecule has 0 radical (unpaired) electrons. The number of hydrogen-bond donors (Lipinski definition) is 2. The Morgan fingerprint density at radius 2 is 1.89 bits per heavy atom. The maximum atomic E-state index is 6.17. The van der Waals surface area contributed by atoms with Gasteiger partial charge in [-0.3, -0.25) is 0 Å². The van der Waals surface area contributed by atoms with E-state index in [0.717, 1.165) is 33.7 Å². The van der Waals surface area contributed by atoms with Gasteiger partial charge in [0.2, 0.25) is 5.95 Å². The average Bonchev–Trinajstić information content (AvgIpc) is 3.18. The predicted octanol–water partition coefficient (Wildman–Crippen LogP) is 5.72. The van der Waals surface area contributed by atoms with Gasteiger partial charge in [0.05, 0.1) is 27.3 Å². The number of aryl methyl sites for hydroxylation is 1. The lowest BCUT2D eigenvalue weighted by Crippen LogP contribution is -2.00. The average molecular weight is 398 g/mol. The zero-order valence-electron chi connectivity index (χ0n) is 14.8. The van der Waals surface area contributed by atoms with Gasteiger partial charge in [-0.05, 0) is 50.2 Å². The van der Waals surface area contributed by atoms with Crippen molar-refractivity contribution in [3.05, 3.63) is 75.5 Å². The largest absolute Gasteiger partial charge is 0.323 e. The summed E-state index contributed by atoms with van der Waals surface area (Å²) in [6, 6.07) is 15.5. The van der Waals surface area contributed by atoms with E-state index in [4.69, 9.17) is 23.2 Å². The van der Waals surface area contributed by atoms with Crippen molar-refractivity contribution in [2.24, 2.45) is 5.10 Å². The van der Waals surface area contributed by atoms with Gasteiger partial charge < -0.3 is 9.55 Å². The van der Waals surface area contributed by atoms with Crippen LogP contribution >= 0.6 is 23.2 Å². The van der Waals surface area contributed by atoms with Crippen molar-refractivity contribution in [1.29, 1.82) is 0 Å². The maximum absolute atomic E-state index is 6.17. The van der Waals surface area contributed by atoms with Crippen molar-refractivity contribution in [1.82, 2.24) is 14.5 Å². The fourth-order valence-electron chi connectivity index (χ4n) is 3.11. The Balaban J connectivity index is 1.59. The summed E-state index contributed by atoms with van der Waals surface area (Å²) in [5.74, 6) is 0.603. The lowest BCUT2D eigenvalue weighted by Gasteiger charge is -2.10. The first-order valence-electron chi connectivity index (χ1n) is 8.41. The molecule has 5 nitrogen and oxygen atoms in total. The van der Waals surface area contributed by atoms with Crippen molar-refractivity contribution in [3.8, 4) is 5.69 Å². The third-order valence-electron chi connectivity index (χ3n) is 4.40. The minimum atomic E-state index is 0.531. The van der Waals surface area contributed by atoms with Gasteiger partial charge in [-0.15, -0.1) is 0 Å². The van der Waals surface area contributed by atoms with Crippen molar-refractivity contribution in [3.63, 3.8) is 0 Å². The van der Waals surface area contributed by atoms with E-state index >= 15 is 0 Å². The molecule has 0 fully saturated rings. The lowest BCUT2D eigenvalue weighted by molar-refractivity contribution is 0.965. The molecule has 0 saturated heterocycles. The third kappa shape index (κ3) is 3.44. The SMILES string of the molecule is Cc1cc(/C=N\Nc2nc3ccccc3[nH]2)c(C)n1-c1ccc(Cl)c(Cl)c1. The number of aromatic amines is 1. The Morgan fingerprint density at radius 1 is 1.07 bits per heavy atom. The van der Waals surface area contributed by atoms with E-state index in [-0.39, 0.29) is 0 Å². The number of benzene rings is 2.